The van der Waals surface area contributed by atoms with Crippen LogP contribution in [0.4, 0.5) is 11.4 Å². The van der Waals surface area contributed by atoms with Gasteiger partial charge < -0.3 is 15.7 Å². The average Bonchev–Trinajstić information content (AvgIpc) is 2.28. The Morgan fingerprint density at radius 3 is 2.47 bits per heavy atom. The number of nitrogens with zero attached hydrogens (tertiary/aromatic N) is 1. The predicted octanol–water partition coefficient (Wildman–Crippen LogP) is 0.756. The summed E-state index contributed by atoms with van der Waals surface area (Å²) >= 11 is 0. The first-order valence-electron chi connectivity index (χ1n) is 5.64. The molecule has 0 unspecified atom stereocenters. The number of carboxylic acids is 1. The molecule has 0 aromatic heterocycles. The van der Waals surface area contributed by atoms with Gasteiger partial charge in [0.25, 0.3) is 0 Å². The molecular weight excluding hydrogens is 268 g/mol. The molecule has 0 radical (unpaired) electrons. The fourth-order valence-electron chi connectivity index (χ4n) is 1.61. The zero-order valence-corrected chi connectivity index (χ0v) is 12.0. The highest BCUT2D eigenvalue weighted by molar-refractivity contribution is 7.90. The van der Waals surface area contributed by atoms with Gasteiger partial charge in [0.15, 0.2) is 0 Å². The second-order valence-corrected chi connectivity index (χ2v) is 6.84. The molecule has 0 aliphatic heterocycles. The van der Waals surface area contributed by atoms with Crippen LogP contribution >= 0.6 is 0 Å². The van der Waals surface area contributed by atoms with Gasteiger partial charge in [0, 0.05) is 31.2 Å². The smallest absolute Gasteiger partial charge is 0.337 e. The van der Waals surface area contributed by atoms with Crippen molar-refractivity contribution in [2.45, 2.75) is 6.92 Å². The Morgan fingerprint density at radius 2 is 2.00 bits per heavy atom. The maximum absolute atomic E-state index is 11.1. The molecule has 0 fully saturated rings. The van der Waals surface area contributed by atoms with Crippen molar-refractivity contribution in [1.29, 1.82) is 0 Å². The van der Waals surface area contributed by atoms with Crippen LogP contribution in [0.25, 0.3) is 0 Å². The number of nitrogen functional groups attached to an aromatic ring is 1. The van der Waals surface area contributed by atoms with Gasteiger partial charge in [0.2, 0.25) is 0 Å². The summed E-state index contributed by atoms with van der Waals surface area (Å²) in [5.41, 5.74) is 7.24. The van der Waals surface area contributed by atoms with Crippen molar-refractivity contribution in [2.24, 2.45) is 0 Å². The summed E-state index contributed by atoms with van der Waals surface area (Å²) in [6.45, 7) is 2.01. The summed E-state index contributed by atoms with van der Waals surface area (Å²) in [4.78, 5) is 12.8. The molecule has 106 valence electrons. The van der Waals surface area contributed by atoms with E-state index in [1.165, 1.54) is 6.07 Å². The molecule has 1 rings (SSSR count). The van der Waals surface area contributed by atoms with Crippen LogP contribution in [0.5, 0.6) is 0 Å². The number of aryl methyl sites for hydroxylation is 1. The molecule has 3 N–H and O–H groups in total. The van der Waals surface area contributed by atoms with Crippen molar-refractivity contribution in [3.05, 3.63) is 23.3 Å². The van der Waals surface area contributed by atoms with E-state index in [0.717, 1.165) is 6.26 Å². The standard InChI is InChI=1S/C12H18N2O4S/c1-8-6-9(7-10(11(8)13)12(15)16)14(2)4-5-19(3,17)18/h6-7H,4-5,13H2,1-3H3,(H,15,16). The molecule has 7 heteroatoms. The van der Waals surface area contributed by atoms with Crippen LogP contribution in [0.15, 0.2) is 12.1 Å². The molecule has 0 spiro atoms. The van der Waals surface area contributed by atoms with Gasteiger partial charge in [-0.25, -0.2) is 13.2 Å². The summed E-state index contributed by atoms with van der Waals surface area (Å²) in [6, 6.07) is 3.19. The van der Waals surface area contributed by atoms with Gasteiger partial charge in [-0.3, -0.25) is 0 Å². The average molecular weight is 286 g/mol. The highest BCUT2D eigenvalue weighted by Gasteiger charge is 2.14. The zero-order valence-electron chi connectivity index (χ0n) is 11.2. The molecule has 0 atom stereocenters. The van der Waals surface area contributed by atoms with Crippen molar-refractivity contribution in [3.63, 3.8) is 0 Å². The van der Waals surface area contributed by atoms with Crippen LogP contribution in [0.1, 0.15) is 15.9 Å². The number of nitrogens with two attached hydrogens (primary N) is 1. The Balaban J connectivity index is 3.04. The number of anilines is 2. The molecule has 6 nitrogen and oxygen atoms in total. The van der Waals surface area contributed by atoms with Gasteiger partial charge in [0.05, 0.1) is 11.3 Å². The molecule has 0 aliphatic carbocycles. The van der Waals surface area contributed by atoms with Crippen molar-refractivity contribution in [1.82, 2.24) is 0 Å². The fourth-order valence-corrected chi connectivity index (χ4v) is 2.21. The molecule has 0 heterocycles. The van der Waals surface area contributed by atoms with Crippen LogP contribution in [-0.4, -0.2) is 45.1 Å². The van der Waals surface area contributed by atoms with E-state index < -0.39 is 15.8 Å². The Morgan fingerprint density at radius 1 is 1.42 bits per heavy atom. The van der Waals surface area contributed by atoms with Gasteiger partial charge in [0.1, 0.15) is 9.84 Å². The lowest BCUT2D eigenvalue weighted by Gasteiger charge is -2.20. The second-order valence-electron chi connectivity index (χ2n) is 4.58. The zero-order chi connectivity index (χ0) is 14.8. The van der Waals surface area contributed by atoms with Crippen LogP contribution in [0.3, 0.4) is 0 Å². The normalized spacial score (nSPS) is 11.3. The quantitative estimate of drug-likeness (QED) is 0.775. The summed E-state index contributed by atoms with van der Waals surface area (Å²) in [6.07, 6.45) is 1.16. The van der Waals surface area contributed by atoms with E-state index in [2.05, 4.69) is 0 Å². The maximum atomic E-state index is 11.1. The predicted molar refractivity (Wildman–Crippen MR) is 75.5 cm³/mol. The SMILES string of the molecule is Cc1cc(N(C)CCS(C)(=O)=O)cc(C(=O)O)c1N. The van der Waals surface area contributed by atoms with E-state index in [1.54, 1.807) is 24.9 Å². The highest BCUT2D eigenvalue weighted by Crippen LogP contribution is 2.24. The molecule has 0 bridgehead atoms. The van der Waals surface area contributed by atoms with Crippen LogP contribution in [0, 0.1) is 6.92 Å². The maximum Gasteiger partial charge on any atom is 0.337 e. The van der Waals surface area contributed by atoms with E-state index in [0.29, 0.717) is 17.8 Å². The first-order chi connectivity index (χ1) is 8.61. The Bertz CT molecular complexity index is 596. The third-order valence-electron chi connectivity index (χ3n) is 2.84. The Labute approximate surface area is 112 Å². The number of benzene rings is 1. The number of carbonyl (C=O) groups is 1. The lowest BCUT2D eigenvalue weighted by atomic mass is 10.1. The van der Waals surface area contributed by atoms with Gasteiger partial charge in [-0.05, 0) is 24.6 Å². The topological polar surface area (TPSA) is 101 Å². The molecule has 1 aromatic carbocycles. The van der Waals surface area contributed by atoms with Crippen molar-refractivity contribution in [2.75, 3.05) is 36.2 Å². The third kappa shape index (κ3) is 4.13. The number of hydrogen-bond donors (Lipinski definition) is 2. The van der Waals surface area contributed by atoms with Gasteiger partial charge in [-0.15, -0.1) is 0 Å². The largest absolute Gasteiger partial charge is 0.478 e. The highest BCUT2D eigenvalue weighted by atomic mass is 32.2. The van der Waals surface area contributed by atoms with E-state index in [9.17, 15) is 13.2 Å². The number of carboxylic acid groups (broad SMARTS) is 1. The van der Waals surface area contributed by atoms with Gasteiger partial charge >= 0.3 is 5.97 Å². The summed E-state index contributed by atoms with van der Waals surface area (Å²) < 4.78 is 22.2. The molecule has 0 saturated heterocycles. The summed E-state index contributed by atoms with van der Waals surface area (Å²) in [5.74, 6) is -1.09. The van der Waals surface area contributed by atoms with Gasteiger partial charge in [-0.2, -0.15) is 0 Å². The van der Waals surface area contributed by atoms with E-state index in [-0.39, 0.29) is 17.0 Å². The lowest BCUT2D eigenvalue weighted by Crippen LogP contribution is -2.25. The minimum absolute atomic E-state index is 0.00925. The van der Waals surface area contributed by atoms with E-state index >= 15 is 0 Å². The Kier molecular flexibility index (Phi) is 4.41. The molecule has 19 heavy (non-hydrogen) atoms. The third-order valence-corrected chi connectivity index (χ3v) is 3.76. The first-order valence-corrected chi connectivity index (χ1v) is 7.70. The van der Waals surface area contributed by atoms with Crippen LogP contribution in [0.2, 0.25) is 0 Å². The molecule has 1 aromatic rings. The monoisotopic (exact) mass is 286 g/mol. The first kappa shape index (κ1) is 15.3. The van der Waals surface area contributed by atoms with Crippen molar-refractivity contribution in [3.8, 4) is 0 Å². The van der Waals surface area contributed by atoms with E-state index in [1.807, 2.05) is 0 Å². The van der Waals surface area contributed by atoms with Crippen molar-refractivity contribution >= 4 is 27.2 Å². The minimum Gasteiger partial charge on any atom is -0.478 e. The second kappa shape index (κ2) is 5.48. The number of hydrogen-bond acceptors (Lipinski definition) is 5. The molecule has 0 amide bonds. The number of sulfone groups is 1. The summed E-state index contributed by atoms with van der Waals surface area (Å²) in [7, 11) is -1.34. The van der Waals surface area contributed by atoms with Gasteiger partial charge in [-0.1, -0.05) is 0 Å². The van der Waals surface area contributed by atoms with Crippen LogP contribution in [-0.2, 0) is 9.84 Å². The lowest BCUT2D eigenvalue weighted by molar-refractivity contribution is 0.0698. The minimum atomic E-state index is -3.05. The molecule has 0 aliphatic rings. The van der Waals surface area contributed by atoms with Crippen LogP contribution < -0.4 is 10.6 Å². The molecular formula is C12H18N2O4S. The summed E-state index contributed by atoms with van der Waals surface area (Å²) in [5, 5.41) is 9.06. The fraction of sp³-hybridized carbons (Fsp3) is 0.417. The van der Waals surface area contributed by atoms with Crippen molar-refractivity contribution < 1.29 is 18.3 Å². The van der Waals surface area contributed by atoms with E-state index in [4.69, 9.17) is 10.8 Å². The number of rotatable bonds is 5. The molecule has 0 saturated carbocycles. The Hall–Kier alpha value is -1.76. The number of aromatic carboxylic acids is 1.